The molecule has 0 bridgehead atoms. The molecule has 0 saturated carbocycles. The monoisotopic (exact) mass is 520 g/mol. The van der Waals surface area contributed by atoms with Crippen LogP contribution in [0.15, 0.2) is 76.8 Å². The number of nitrogens with zero attached hydrogens (tertiary/aromatic N) is 1. The summed E-state index contributed by atoms with van der Waals surface area (Å²) in [5.74, 6) is -0.499. The second-order valence-electron chi connectivity index (χ2n) is 7.62. The molecule has 34 heavy (non-hydrogen) atoms. The van der Waals surface area contributed by atoms with E-state index in [4.69, 9.17) is 9.47 Å². The van der Waals surface area contributed by atoms with Crippen molar-refractivity contribution in [3.63, 3.8) is 0 Å². The van der Waals surface area contributed by atoms with Crippen molar-refractivity contribution in [2.75, 3.05) is 12.0 Å². The van der Waals surface area contributed by atoms with E-state index >= 15 is 0 Å². The molecule has 3 aromatic carbocycles. The third-order valence-electron chi connectivity index (χ3n) is 5.16. The Balaban J connectivity index is 1.59. The van der Waals surface area contributed by atoms with Gasteiger partial charge in [0.1, 0.15) is 12.2 Å². The molecule has 0 unspecified atom stereocenters. The molecule has 7 nitrogen and oxygen atoms in total. The number of hydrogen-bond acceptors (Lipinski definition) is 5. The quantitative estimate of drug-likeness (QED) is 0.364. The number of amides is 4. The Morgan fingerprint density at radius 2 is 1.74 bits per heavy atom. The molecule has 1 fully saturated rings. The Labute approximate surface area is 205 Å². The van der Waals surface area contributed by atoms with Crippen molar-refractivity contribution in [1.82, 2.24) is 5.32 Å². The zero-order chi connectivity index (χ0) is 24.2. The average Bonchev–Trinajstić information content (AvgIpc) is 2.82. The average molecular weight is 521 g/mol. The van der Waals surface area contributed by atoms with E-state index in [1.807, 2.05) is 31.2 Å². The number of rotatable bonds is 6. The summed E-state index contributed by atoms with van der Waals surface area (Å²) in [4.78, 5) is 38.8. The van der Waals surface area contributed by atoms with Crippen LogP contribution in [0.25, 0.3) is 6.08 Å². The summed E-state index contributed by atoms with van der Waals surface area (Å²) >= 11 is 3.32. The molecule has 0 atom stereocenters. The number of barbiturate groups is 1. The van der Waals surface area contributed by atoms with Gasteiger partial charge < -0.3 is 9.47 Å². The Bertz CT molecular complexity index is 1300. The number of methoxy groups -OCH3 is 1. The lowest BCUT2D eigenvalue weighted by Crippen LogP contribution is -2.54. The number of benzene rings is 3. The van der Waals surface area contributed by atoms with Gasteiger partial charge in [-0.05, 0) is 60.5 Å². The minimum Gasteiger partial charge on any atom is -0.493 e. The maximum absolute atomic E-state index is 13.1. The van der Waals surface area contributed by atoms with Crippen molar-refractivity contribution in [2.45, 2.75) is 13.5 Å². The van der Waals surface area contributed by atoms with Crippen molar-refractivity contribution in [2.24, 2.45) is 0 Å². The van der Waals surface area contributed by atoms with Crippen LogP contribution in [0.3, 0.4) is 0 Å². The van der Waals surface area contributed by atoms with E-state index in [0.717, 1.165) is 20.5 Å². The first-order valence-electron chi connectivity index (χ1n) is 10.4. The highest BCUT2D eigenvalue weighted by atomic mass is 79.9. The summed E-state index contributed by atoms with van der Waals surface area (Å²) in [5.41, 5.74) is 2.89. The number of nitrogens with one attached hydrogen (secondary N) is 1. The summed E-state index contributed by atoms with van der Waals surface area (Å²) < 4.78 is 12.2. The first-order valence-corrected chi connectivity index (χ1v) is 11.2. The van der Waals surface area contributed by atoms with Crippen LogP contribution in [-0.4, -0.2) is 25.0 Å². The molecule has 4 amide bonds. The summed E-state index contributed by atoms with van der Waals surface area (Å²) in [6.07, 6.45) is 1.42. The summed E-state index contributed by atoms with van der Waals surface area (Å²) in [6, 6.07) is 18.9. The van der Waals surface area contributed by atoms with Crippen molar-refractivity contribution >= 4 is 45.5 Å². The standard InChI is InChI=1S/C26H21BrN2O5/c1-16-4-3-5-18(12-16)15-34-22-11-6-17(14-23(22)33-2)13-21-24(30)28-26(32)29(25(21)31)20-9-7-19(27)8-10-20/h3-14H,15H2,1-2H3,(H,28,30,32)/b21-13-. The maximum Gasteiger partial charge on any atom is 0.335 e. The molecule has 0 radical (unpaired) electrons. The van der Waals surface area contributed by atoms with Gasteiger partial charge in [-0.1, -0.05) is 51.8 Å². The number of urea groups is 1. The lowest BCUT2D eigenvalue weighted by atomic mass is 10.1. The Morgan fingerprint density at radius 1 is 0.971 bits per heavy atom. The number of ether oxygens (including phenoxy) is 2. The molecule has 1 heterocycles. The van der Waals surface area contributed by atoms with E-state index in [0.29, 0.717) is 29.4 Å². The minimum absolute atomic E-state index is 0.169. The largest absolute Gasteiger partial charge is 0.493 e. The second-order valence-corrected chi connectivity index (χ2v) is 8.54. The molecule has 3 aromatic rings. The van der Waals surface area contributed by atoms with Crippen LogP contribution in [0, 0.1) is 6.92 Å². The summed E-state index contributed by atoms with van der Waals surface area (Å²) in [5, 5.41) is 2.22. The Hall–Kier alpha value is -3.91. The highest BCUT2D eigenvalue weighted by Crippen LogP contribution is 2.31. The normalized spacial score (nSPS) is 14.9. The van der Waals surface area contributed by atoms with Crippen molar-refractivity contribution in [3.05, 3.63) is 93.5 Å². The third kappa shape index (κ3) is 5.02. The Morgan fingerprint density at radius 3 is 2.44 bits per heavy atom. The molecule has 1 aliphatic heterocycles. The fourth-order valence-corrected chi connectivity index (χ4v) is 3.77. The van der Waals surface area contributed by atoms with E-state index in [-0.39, 0.29) is 5.57 Å². The van der Waals surface area contributed by atoms with Crippen LogP contribution in [0.1, 0.15) is 16.7 Å². The fraction of sp³-hybridized carbons (Fsp3) is 0.115. The smallest absolute Gasteiger partial charge is 0.335 e. The molecule has 172 valence electrons. The summed E-state index contributed by atoms with van der Waals surface area (Å²) in [6.45, 7) is 2.38. The zero-order valence-corrected chi connectivity index (χ0v) is 20.1. The van der Waals surface area contributed by atoms with Crippen LogP contribution in [0.4, 0.5) is 10.5 Å². The molecule has 0 spiro atoms. The van der Waals surface area contributed by atoms with Crippen LogP contribution in [-0.2, 0) is 16.2 Å². The molecule has 8 heteroatoms. The van der Waals surface area contributed by atoms with Crippen LogP contribution in [0.2, 0.25) is 0 Å². The number of carbonyl (C=O) groups excluding carboxylic acids is 3. The number of carbonyl (C=O) groups is 3. The topological polar surface area (TPSA) is 84.9 Å². The number of imide groups is 2. The number of aryl methyl sites for hydroxylation is 1. The van der Waals surface area contributed by atoms with Crippen molar-refractivity contribution in [1.29, 1.82) is 0 Å². The Kier molecular flexibility index (Phi) is 6.79. The first-order chi connectivity index (χ1) is 16.4. The SMILES string of the molecule is COc1cc(/C=C2/C(=O)NC(=O)N(c3ccc(Br)cc3)C2=O)ccc1OCc1cccc(C)c1. The molecule has 0 aliphatic carbocycles. The van der Waals surface area contributed by atoms with Gasteiger partial charge in [0.05, 0.1) is 12.8 Å². The second kappa shape index (κ2) is 9.93. The van der Waals surface area contributed by atoms with Gasteiger partial charge in [-0.2, -0.15) is 0 Å². The van der Waals surface area contributed by atoms with Gasteiger partial charge in [0.15, 0.2) is 11.5 Å². The van der Waals surface area contributed by atoms with E-state index < -0.39 is 17.8 Å². The lowest BCUT2D eigenvalue weighted by Gasteiger charge is -2.26. The summed E-state index contributed by atoms with van der Waals surface area (Å²) in [7, 11) is 1.51. The molecular weight excluding hydrogens is 500 g/mol. The van der Waals surface area contributed by atoms with Gasteiger partial charge in [-0.25, -0.2) is 9.69 Å². The van der Waals surface area contributed by atoms with Gasteiger partial charge in [-0.3, -0.25) is 14.9 Å². The predicted octanol–water partition coefficient (Wildman–Crippen LogP) is 5.01. The van der Waals surface area contributed by atoms with Crippen molar-refractivity contribution in [3.8, 4) is 11.5 Å². The highest BCUT2D eigenvalue weighted by Gasteiger charge is 2.36. The zero-order valence-electron chi connectivity index (χ0n) is 18.5. The van der Waals surface area contributed by atoms with Gasteiger partial charge in [0.25, 0.3) is 11.8 Å². The molecule has 0 aromatic heterocycles. The highest BCUT2D eigenvalue weighted by molar-refractivity contribution is 9.10. The lowest BCUT2D eigenvalue weighted by molar-refractivity contribution is -0.122. The van der Waals surface area contributed by atoms with Gasteiger partial charge in [0.2, 0.25) is 0 Å². The van der Waals surface area contributed by atoms with Gasteiger partial charge >= 0.3 is 6.03 Å². The third-order valence-corrected chi connectivity index (χ3v) is 5.69. The molecule has 1 saturated heterocycles. The first kappa shape index (κ1) is 23.3. The van der Waals surface area contributed by atoms with Crippen LogP contribution in [0.5, 0.6) is 11.5 Å². The minimum atomic E-state index is -0.799. The molecule has 1 aliphatic rings. The number of anilines is 1. The molecule has 1 N–H and O–H groups in total. The van der Waals surface area contributed by atoms with Crippen LogP contribution < -0.4 is 19.7 Å². The van der Waals surface area contributed by atoms with Gasteiger partial charge in [0, 0.05) is 4.47 Å². The van der Waals surface area contributed by atoms with Crippen LogP contribution >= 0.6 is 15.9 Å². The number of halogens is 1. The predicted molar refractivity (Wildman–Crippen MR) is 132 cm³/mol. The molecular formula is C26H21BrN2O5. The van der Waals surface area contributed by atoms with E-state index in [2.05, 4.69) is 21.2 Å². The van der Waals surface area contributed by atoms with E-state index in [1.54, 1.807) is 42.5 Å². The molecule has 4 rings (SSSR count). The number of hydrogen-bond donors (Lipinski definition) is 1. The van der Waals surface area contributed by atoms with E-state index in [1.165, 1.54) is 13.2 Å². The van der Waals surface area contributed by atoms with Gasteiger partial charge in [-0.15, -0.1) is 0 Å². The van der Waals surface area contributed by atoms with E-state index in [9.17, 15) is 14.4 Å². The maximum atomic E-state index is 13.1. The fourth-order valence-electron chi connectivity index (χ4n) is 3.50. The van der Waals surface area contributed by atoms with Crippen molar-refractivity contribution < 1.29 is 23.9 Å².